The molecule has 2 aromatic carbocycles. The van der Waals surface area contributed by atoms with Crippen molar-refractivity contribution in [2.75, 3.05) is 7.11 Å². The Hall–Kier alpha value is -3.68. The van der Waals surface area contributed by atoms with Crippen LogP contribution in [0.5, 0.6) is 6.01 Å². The summed E-state index contributed by atoms with van der Waals surface area (Å²) in [5, 5.41) is 0. The van der Waals surface area contributed by atoms with Crippen molar-refractivity contribution in [2.24, 2.45) is 4.99 Å². The number of methoxy groups -OCH3 is 1. The van der Waals surface area contributed by atoms with E-state index in [1.165, 1.54) is 19.2 Å². The molecule has 0 saturated heterocycles. The highest BCUT2D eigenvalue weighted by Gasteiger charge is 2.27. The number of ether oxygens (including phenoxy) is 1. The van der Waals surface area contributed by atoms with E-state index in [0.717, 1.165) is 39.6 Å². The maximum atomic E-state index is 13.5. The van der Waals surface area contributed by atoms with Crippen LogP contribution in [0, 0.1) is 11.6 Å². The van der Waals surface area contributed by atoms with Gasteiger partial charge in [0.05, 0.1) is 25.8 Å². The van der Waals surface area contributed by atoms with Gasteiger partial charge < -0.3 is 9.64 Å². The number of halogens is 2. The number of aliphatic imine (C=N–C) groups is 1. The highest BCUT2D eigenvalue weighted by Crippen LogP contribution is 2.30. The van der Waals surface area contributed by atoms with Crippen LogP contribution in [0.25, 0.3) is 0 Å². The molecule has 0 radical (unpaired) electrons. The van der Waals surface area contributed by atoms with E-state index < -0.39 is 11.6 Å². The molecule has 2 aliphatic rings. The first-order valence-corrected chi connectivity index (χ1v) is 9.79. The van der Waals surface area contributed by atoms with E-state index in [2.05, 4.69) is 15.0 Å². The summed E-state index contributed by atoms with van der Waals surface area (Å²) in [6.07, 6.45) is 3.60. The molecule has 2 aliphatic heterocycles. The van der Waals surface area contributed by atoms with Crippen molar-refractivity contribution >= 4 is 11.6 Å². The zero-order chi connectivity index (χ0) is 21.5. The van der Waals surface area contributed by atoms with Gasteiger partial charge in [0.1, 0.15) is 11.6 Å². The Bertz CT molecular complexity index is 1200. The second-order valence-electron chi connectivity index (χ2n) is 7.61. The van der Waals surface area contributed by atoms with Crippen LogP contribution in [0.15, 0.2) is 47.7 Å². The summed E-state index contributed by atoms with van der Waals surface area (Å²) in [4.78, 5) is 27.2. The highest BCUT2D eigenvalue weighted by molar-refractivity contribution is 6.15. The minimum absolute atomic E-state index is 0.0696. The highest BCUT2D eigenvalue weighted by atomic mass is 19.1. The second kappa shape index (κ2) is 7.54. The van der Waals surface area contributed by atoms with E-state index in [0.29, 0.717) is 18.7 Å². The van der Waals surface area contributed by atoms with Gasteiger partial charge in [0.25, 0.3) is 0 Å². The molecule has 0 bridgehead atoms. The van der Waals surface area contributed by atoms with Crippen LogP contribution in [0.2, 0.25) is 0 Å². The summed E-state index contributed by atoms with van der Waals surface area (Å²) in [6, 6.07) is 7.70. The van der Waals surface area contributed by atoms with Crippen molar-refractivity contribution in [2.45, 2.75) is 26.1 Å². The quantitative estimate of drug-likeness (QED) is 0.650. The Morgan fingerprint density at radius 1 is 1.00 bits per heavy atom. The first-order chi connectivity index (χ1) is 15.0. The third-order valence-electron chi connectivity index (χ3n) is 5.52. The molecule has 0 atom stereocenters. The molecule has 31 heavy (non-hydrogen) atoms. The fraction of sp³-hybridized carbons (Fsp3) is 0.217. The summed E-state index contributed by atoms with van der Waals surface area (Å²) in [7, 11) is 1.51. The van der Waals surface area contributed by atoms with Gasteiger partial charge in [-0.3, -0.25) is 9.79 Å². The topological polar surface area (TPSA) is 67.7 Å². The standard InChI is InChI=1S/C23H18F2N4O2/c1-31-23-27-9-17(10-28-23)22-20-5-16-12-29(11-13-2-18(24)7-19(25)3-13)21(30)6-14(16)4-15(20)8-26-22/h2-5,7,9-10H,6,8,11-12H2,1H3. The Balaban J connectivity index is 1.43. The zero-order valence-electron chi connectivity index (χ0n) is 16.7. The van der Waals surface area contributed by atoms with Crippen molar-refractivity contribution in [3.63, 3.8) is 0 Å². The van der Waals surface area contributed by atoms with Gasteiger partial charge in [-0.15, -0.1) is 0 Å². The molecule has 0 unspecified atom stereocenters. The van der Waals surface area contributed by atoms with Crippen molar-refractivity contribution in [1.82, 2.24) is 14.9 Å². The molecular weight excluding hydrogens is 402 g/mol. The lowest BCUT2D eigenvalue weighted by molar-refractivity contribution is -0.132. The van der Waals surface area contributed by atoms with Crippen molar-refractivity contribution in [3.8, 4) is 6.01 Å². The second-order valence-corrected chi connectivity index (χ2v) is 7.61. The summed E-state index contributed by atoms with van der Waals surface area (Å²) < 4.78 is 32.1. The maximum absolute atomic E-state index is 13.5. The first-order valence-electron chi connectivity index (χ1n) is 9.79. The van der Waals surface area contributed by atoms with Crippen molar-refractivity contribution in [3.05, 3.63) is 87.7 Å². The average Bonchev–Trinajstić information content (AvgIpc) is 3.15. The number of carbonyl (C=O) groups excluding carboxylic acids is 1. The lowest BCUT2D eigenvalue weighted by Gasteiger charge is -2.29. The zero-order valence-corrected chi connectivity index (χ0v) is 16.7. The molecule has 8 heteroatoms. The van der Waals surface area contributed by atoms with Crippen LogP contribution >= 0.6 is 0 Å². The van der Waals surface area contributed by atoms with E-state index in [1.807, 2.05) is 12.1 Å². The number of nitrogens with zero attached hydrogens (tertiary/aromatic N) is 4. The predicted molar refractivity (Wildman–Crippen MR) is 109 cm³/mol. The van der Waals surface area contributed by atoms with E-state index in [4.69, 9.17) is 4.74 Å². The van der Waals surface area contributed by atoms with Crippen LogP contribution in [-0.2, 0) is 30.8 Å². The lowest BCUT2D eigenvalue weighted by atomic mass is 9.91. The Morgan fingerprint density at radius 2 is 1.74 bits per heavy atom. The van der Waals surface area contributed by atoms with Crippen LogP contribution in [0.3, 0.4) is 0 Å². The molecule has 3 aromatic rings. The minimum Gasteiger partial charge on any atom is -0.467 e. The van der Waals surface area contributed by atoms with Gasteiger partial charge in [0.15, 0.2) is 0 Å². The molecule has 0 spiro atoms. The summed E-state index contributed by atoms with van der Waals surface area (Å²) in [5.74, 6) is -1.37. The van der Waals surface area contributed by atoms with Crippen LogP contribution in [-0.4, -0.2) is 33.6 Å². The third-order valence-corrected chi connectivity index (χ3v) is 5.52. The number of hydrogen-bond acceptors (Lipinski definition) is 5. The number of aromatic nitrogens is 2. The predicted octanol–water partition coefficient (Wildman–Crippen LogP) is 3.20. The van der Waals surface area contributed by atoms with Gasteiger partial charge in [0.2, 0.25) is 5.91 Å². The molecule has 0 fully saturated rings. The van der Waals surface area contributed by atoms with Crippen LogP contribution in [0.4, 0.5) is 8.78 Å². The maximum Gasteiger partial charge on any atom is 0.316 e. The smallest absolute Gasteiger partial charge is 0.316 e. The molecule has 3 heterocycles. The van der Waals surface area contributed by atoms with Gasteiger partial charge in [-0.2, -0.15) is 0 Å². The molecule has 1 amide bonds. The molecular formula is C23H18F2N4O2. The van der Waals surface area contributed by atoms with Crippen molar-refractivity contribution in [1.29, 1.82) is 0 Å². The average molecular weight is 420 g/mol. The van der Waals surface area contributed by atoms with E-state index in [9.17, 15) is 13.6 Å². The summed E-state index contributed by atoms with van der Waals surface area (Å²) >= 11 is 0. The molecule has 0 N–H and O–H groups in total. The molecule has 5 rings (SSSR count). The Labute approximate surface area is 177 Å². The molecule has 1 aromatic heterocycles. The van der Waals surface area contributed by atoms with Crippen LogP contribution in [0.1, 0.15) is 33.4 Å². The third kappa shape index (κ3) is 3.65. The van der Waals surface area contributed by atoms with Gasteiger partial charge in [-0.25, -0.2) is 18.7 Å². The summed E-state index contributed by atoms with van der Waals surface area (Å²) in [6.45, 7) is 1.05. The monoisotopic (exact) mass is 420 g/mol. The van der Waals surface area contributed by atoms with E-state index in [1.54, 1.807) is 17.3 Å². The van der Waals surface area contributed by atoms with Gasteiger partial charge in [-0.1, -0.05) is 6.07 Å². The normalized spacial score (nSPS) is 14.9. The number of rotatable bonds is 4. The number of amides is 1. The first kappa shape index (κ1) is 19.3. The number of hydrogen-bond donors (Lipinski definition) is 0. The fourth-order valence-electron chi connectivity index (χ4n) is 4.08. The lowest BCUT2D eigenvalue weighted by Crippen LogP contribution is -2.36. The van der Waals surface area contributed by atoms with Gasteiger partial charge in [0, 0.05) is 42.7 Å². The van der Waals surface area contributed by atoms with Gasteiger partial charge in [-0.05, 0) is 40.5 Å². The Kier molecular flexibility index (Phi) is 4.69. The Morgan fingerprint density at radius 3 is 2.45 bits per heavy atom. The molecule has 6 nitrogen and oxygen atoms in total. The molecule has 0 aliphatic carbocycles. The minimum atomic E-state index is -0.653. The van der Waals surface area contributed by atoms with E-state index >= 15 is 0 Å². The van der Waals surface area contributed by atoms with Crippen molar-refractivity contribution < 1.29 is 18.3 Å². The SMILES string of the molecule is COc1ncc(C2=NCc3cc4c(cc32)CN(Cc2cc(F)cc(F)c2)C(=O)C4)cn1. The fourth-order valence-corrected chi connectivity index (χ4v) is 4.08. The number of benzene rings is 2. The molecule has 0 saturated carbocycles. The number of fused-ring (bicyclic) bond motifs is 2. The molecule has 156 valence electrons. The van der Waals surface area contributed by atoms with E-state index in [-0.39, 0.29) is 24.9 Å². The number of carbonyl (C=O) groups is 1. The van der Waals surface area contributed by atoms with Gasteiger partial charge >= 0.3 is 6.01 Å². The largest absolute Gasteiger partial charge is 0.467 e. The summed E-state index contributed by atoms with van der Waals surface area (Å²) in [5.41, 5.74) is 6.02. The van der Waals surface area contributed by atoms with Crippen LogP contribution < -0.4 is 4.74 Å².